The molecule has 0 saturated carbocycles. The van der Waals surface area contributed by atoms with Crippen molar-refractivity contribution in [2.45, 2.75) is 24.7 Å². The van der Waals surface area contributed by atoms with Gasteiger partial charge >= 0.3 is 5.97 Å². The fourth-order valence-electron chi connectivity index (χ4n) is 2.00. The van der Waals surface area contributed by atoms with Crippen molar-refractivity contribution in [3.63, 3.8) is 0 Å². The highest BCUT2D eigenvalue weighted by Crippen LogP contribution is 2.25. The van der Waals surface area contributed by atoms with Crippen LogP contribution in [-0.2, 0) is 10.0 Å². The van der Waals surface area contributed by atoms with Crippen LogP contribution >= 0.6 is 0 Å². The second kappa shape index (κ2) is 6.37. The quantitative estimate of drug-likeness (QED) is 0.875. The van der Waals surface area contributed by atoms with Crippen molar-refractivity contribution in [2.75, 3.05) is 4.72 Å². The molecule has 2 N–H and O–H groups in total. The normalized spacial score (nSPS) is 11.5. The first-order valence-electron chi connectivity index (χ1n) is 6.86. The largest absolute Gasteiger partial charge is 0.478 e. The van der Waals surface area contributed by atoms with Crippen LogP contribution in [0, 0.1) is 5.82 Å². The Labute approximate surface area is 133 Å². The van der Waals surface area contributed by atoms with E-state index < -0.39 is 21.8 Å². The van der Waals surface area contributed by atoms with Crippen LogP contribution in [-0.4, -0.2) is 19.5 Å². The van der Waals surface area contributed by atoms with E-state index in [1.807, 2.05) is 13.8 Å². The molecule has 0 fully saturated rings. The van der Waals surface area contributed by atoms with Gasteiger partial charge in [0.2, 0.25) is 0 Å². The molecule has 0 aliphatic rings. The number of anilines is 1. The van der Waals surface area contributed by atoms with E-state index in [9.17, 15) is 22.7 Å². The van der Waals surface area contributed by atoms with Crippen molar-refractivity contribution in [2.24, 2.45) is 0 Å². The van der Waals surface area contributed by atoms with Crippen LogP contribution in [0.15, 0.2) is 47.4 Å². The maximum atomic E-state index is 12.9. The van der Waals surface area contributed by atoms with E-state index >= 15 is 0 Å². The zero-order valence-electron chi connectivity index (χ0n) is 12.6. The molecule has 122 valence electrons. The first-order chi connectivity index (χ1) is 10.7. The van der Waals surface area contributed by atoms with Gasteiger partial charge < -0.3 is 5.11 Å². The molecule has 0 aliphatic heterocycles. The minimum Gasteiger partial charge on any atom is -0.478 e. The van der Waals surface area contributed by atoms with Crippen molar-refractivity contribution in [3.8, 4) is 0 Å². The summed E-state index contributed by atoms with van der Waals surface area (Å²) in [5.41, 5.74) is 0.611. The molecule has 5 nitrogen and oxygen atoms in total. The van der Waals surface area contributed by atoms with Crippen LogP contribution in [0.1, 0.15) is 35.7 Å². The molecule has 0 aliphatic carbocycles. The summed E-state index contributed by atoms with van der Waals surface area (Å²) in [4.78, 5) is 11.2. The van der Waals surface area contributed by atoms with Gasteiger partial charge in [-0.2, -0.15) is 0 Å². The maximum absolute atomic E-state index is 12.9. The molecule has 0 aromatic heterocycles. The summed E-state index contributed by atoms with van der Waals surface area (Å²) in [5, 5.41) is 9.29. The second-order valence-corrected chi connectivity index (χ2v) is 7.01. The van der Waals surface area contributed by atoms with Crippen LogP contribution in [0.3, 0.4) is 0 Å². The molecule has 0 bridgehead atoms. The van der Waals surface area contributed by atoms with Gasteiger partial charge in [-0.1, -0.05) is 19.9 Å². The predicted molar refractivity (Wildman–Crippen MR) is 84.7 cm³/mol. The second-order valence-electron chi connectivity index (χ2n) is 5.32. The number of nitrogens with one attached hydrogen (secondary N) is 1. The molecule has 0 atom stereocenters. The van der Waals surface area contributed by atoms with Crippen molar-refractivity contribution >= 4 is 21.7 Å². The lowest BCUT2D eigenvalue weighted by Crippen LogP contribution is -2.16. The number of sulfonamides is 1. The third kappa shape index (κ3) is 3.87. The highest BCUT2D eigenvalue weighted by Gasteiger charge is 2.19. The van der Waals surface area contributed by atoms with Crippen LogP contribution in [0.4, 0.5) is 10.1 Å². The van der Waals surface area contributed by atoms with E-state index in [2.05, 4.69) is 4.72 Å². The van der Waals surface area contributed by atoms with Gasteiger partial charge in [-0.3, -0.25) is 4.72 Å². The summed E-state index contributed by atoms with van der Waals surface area (Å²) in [6.07, 6.45) is 0. The zero-order chi connectivity index (χ0) is 17.2. The van der Waals surface area contributed by atoms with Crippen LogP contribution in [0.2, 0.25) is 0 Å². The van der Waals surface area contributed by atoms with Gasteiger partial charge in [-0.15, -0.1) is 0 Å². The Bertz CT molecular complexity index is 830. The Hall–Kier alpha value is -2.41. The van der Waals surface area contributed by atoms with E-state index in [1.165, 1.54) is 12.1 Å². The first kappa shape index (κ1) is 17.0. The lowest BCUT2D eigenvalue weighted by Gasteiger charge is -2.13. The highest BCUT2D eigenvalue weighted by molar-refractivity contribution is 7.92. The van der Waals surface area contributed by atoms with Gasteiger partial charge in [0, 0.05) is 0 Å². The topological polar surface area (TPSA) is 83.5 Å². The van der Waals surface area contributed by atoms with E-state index in [-0.39, 0.29) is 22.1 Å². The van der Waals surface area contributed by atoms with Crippen molar-refractivity contribution in [3.05, 3.63) is 59.4 Å². The number of carboxylic acid groups (broad SMARTS) is 1. The lowest BCUT2D eigenvalue weighted by atomic mass is 10.00. The van der Waals surface area contributed by atoms with Crippen LogP contribution in [0.25, 0.3) is 0 Å². The predicted octanol–water partition coefficient (Wildman–Crippen LogP) is 3.45. The Morgan fingerprint density at radius 3 is 2.26 bits per heavy atom. The van der Waals surface area contributed by atoms with Gasteiger partial charge in [0.1, 0.15) is 5.82 Å². The molecular weight excluding hydrogens is 321 g/mol. The molecule has 0 radical (unpaired) electrons. The molecule has 0 amide bonds. The lowest BCUT2D eigenvalue weighted by molar-refractivity contribution is 0.0698. The average Bonchev–Trinajstić information content (AvgIpc) is 2.47. The number of rotatable bonds is 5. The van der Waals surface area contributed by atoms with Gasteiger partial charge in [-0.25, -0.2) is 17.6 Å². The SMILES string of the molecule is CC(C)c1ccc(NS(=O)(=O)c2ccc(F)cc2)c(C(=O)O)c1. The highest BCUT2D eigenvalue weighted by atomic mass is 32.2. The third-order valence-corrected chi connectivity index (χ3v) is 4.69. The summed E-state index contributed by atoms with van der Waals surface area (Å²) >= 11 is 0. The van der Waals surface area contributed by atoms with Gasteiger partial charge in [0.25, 0.3) is 10.0 Å². The van der Waals surface area contributed by atoms with Crippen molar-refractivity contribution < 1.29 is 22.7 Å². The third-order valence-electron chi connectivity index (χ3n) is 3.31. The number of hydrogen-bond donors (Lipinski definition) is 2. The first-order valence-corrected chi connectivity index (χ1v) is 8.34. The van der Waals surface area contributed by atoms with Crippen LogP contribution < -0.4 is 4.72 Å². The molecule has 0 heterocycles. The maximum Gasteiger partial charge on any atom is 0.337 e. The van der Waals surface area contributed by atoms with Gasteiger partial charge in [0.05, 0.1) is 16.1 Å². The average molecular weight is 337 g/mol. The fraction of sp³-hybridized carbons (Fsp3) is 0.188. The molecule has 2 aromatic carbocycles. The van der Waals surface area contributed by atoms with E-state index in [1.54, 1.807) is 6.07 Å². The zero-order valence-corrected chi connectivity index (χ0v) is 13.4. The van der Waals surface area contributed by atoms with Gasteiger partial charge in [0.15, 0.2) is 0 Å². The van der Waals surface area contributed by atoms with E-state index in [0.717, 1.165) is 29.8 Å². The number of carboxylic acids is 1. The summed E-state index contributed by atoms with van der Waals surface area (Å²) in [6.45, 7) is 3.81. The van der Waals surface area contributed by atoms with Crippen molar-refractivity contribution in [1.29, 1.82) is 0 Å². The summed E-state index contributed by atoms with van der Waals surface area (Å²) in [7, 11) is -4.00. The molecule has 0 saturated heterocycles. The molecule has 2 aromatic rings. The van der Waals surface area contributed by atoms with Crippen molar-refractivity contribution in [1.82, 2.24) is 0 Å². The molecule has 7 heteroatoms. The van der Waals surface area contributed by atoms with E-state index in [0.29, 0.717) is 0 Å². The Kier molecular flexibility index (Phi) is 4.70. The number of hydrogen-bond acceptors (Lipinski definition) is 3. The molecule has 0 unspecified atom stereocenters. The standard InChI is InChI=1S/C16H16FNO4S/c1-10(2)11-3-8-15(14(9-11)16(19)20)18-23(21,22)13-6-4-12(17)5-7-13/h3-10,18H,1-2H3,(H,19,20). The minimum atomic E-state index is -4.00. The smallest absolute Gasteiger partial charge is 0.337 e. The summed E-state index contributed by atoms with van der Waals surface area (Å²) in [6, 6.07) is 8.79. The van der Waals surface area contributed by atoms with E-state index in [4.69, 9.17) is 0 Å². The van der Waals surface area contributed by atoms with Gasteiger partial charge in [-0.05, 0) is 47.9 Å². The Morgan fingerprint density at radius 1 is 1.13 bits per heavy atom. The summed E-state index contributed by atoms with van der Waals surface area (Å²) in [5.74, 6) is -1.68. The monoisotopic (exact) mass is 337 g/mol. The Morgan fingerprint density at radius 2 is 1.74 bits per heavy atom. The number of benzene rings is 2. The number of carbonyl (C=O) groups is 1. The number of aromatic carboxylic acids is 1. The van der Waals surface area contributed by atoms with Crippen LogP contribution in [0.5, 0.6) is 0 Å². The molecular formula is C16H16FNO4S. The minimum absolute atomic E-state index is 0.0359. The molecule has 0 spiro atoms. The summed E-state index contributed by atoms with van der Waals surface area (Å²) < 4.78 is 39.7. The molecule has 2 rings (SSSR count). The molecule has 23 heavy (non-hydrogen) atoms. The Balaban J connectivity index is 2.42. The number of halogens is 1. The fourth-order valence-corrected chi connectivity index (χ4v) is 3.08.